The molecule has 0 atom stereocenters. The summed E-state index contributed by atoms with van der Waals surface area (Å²) in [4.78, 5) is 0. The zero-order chi connectivity index (χ0) is 12.6. The lowest BCUT2D eigenvalue weighted by atomic mass is 10.2. The van der Waals surface area contributed by atoms with Gasteiger partial charge in [0.2, 0.25) is 0 Å². The summed E-state index contributed by atoms with van der Waals surface area (Å²) in [7, 11) is 0. The third kappa shape index (κ3) is 3.54. The van der Waals surface area contributed by atoms with Gasteiger partial charge in [-0.1, -0.05) is 42.5 Å². The maximum atomic E-state index is 9.02. The molecule has 2 nitrogen and oxygen atoms in total. The van der Waals surface area contributed by atoms with Crippen molar-refractivity contribution in [3.63, 3.8) is 0 Å². The number of pyridine rings is 1. The molecule has 92 valence electrons. The van der Waals surface area contributed by atoms with Crippen molar-refractivity contribution in [3.05, 3.63) is 72.1 Å². The van der Waals surface area contributed by atoms with Crippen molar-refractivity contribution >= 4 is 6.08 Å². The highest BCUT2D eigenvalue weighted by Gasteiger charge is 2.05. The minimum Gasteiger partial charge on any atom is -0.396 e. The SMILES string of the molecule is OCCc1cccc[n+]1C/C=C/c1ccccc1. The lowest BCUT2D eigenvalue weighted by Gasteiger charge is -1.99. The summed E-state index contributed by atoms with van der Waals surface area (Å²) < 4.78 is 2.15. The molecule has 2 rings (SSSR count). The van der Waals surface area contributed by atoms with Gasteiger partial charge in [0.1, 0.15) is 0 Å². The van der Waals surface area contributed by atoms with E-state index in [9.17, 15) is 0 Å². The number of allylic oxidation sites excluding steroid dienone is 1. The minimum absolute atomic E-state index is 0.187. The lowest BCUT2D eigenvalue weighted by Crippen LogP contribution is -2.37. The lowest BCUT2D eigenvalue weighted by molar-refractivity contribution is -0.694. The van der Waals surface area contributed by atoms with Crippen molar-refractivity contribution in [2.75, 3.05) is 6.61 Å². The first-order chi connectivity index (χ1) is 8.90. The fraction of sp³-hybridized carbons (Fsp3) is 0.188. The van der Waals surface area contributed by atoms with Crippen molar-refractivity contribution in [2.24, 2.45) is 0 Å². The third-order valence-corrected chi connectivity index (χ3v) is 2.81. The van der Waals surface area contributed by atoms with E-state index in [1.807, 2.05) is 42.6 Å². The van der Waals surface area contributed by atoms with Gasteiger partial charge in [0.05, 0.1) is 13.0 Å². The molecule has 2 heteroatoms. The third-order valence-electron chi connectivity index (χ3n) is 2.81. The van der Waals surface area contributed by atoms with Crippen LogP contribution in [0.15, 0.2) is 60.8 Å². The van der Waals surface area contributed by atoms with Crippen LogP contribution < -0.4 is 4.57 Å². The first-order valence-corrected chi connectivity index (χ1v) is 6.20. The number of aliphatic hydroxyl groups is 1. The van der Waals surface area contributed by atoms with Crippen molar-refractivity contribution in [1.82, 2.24) is 0 Å². The van der Waals surface area contributed by atoms with Gasteiger partial charge in [-0.15, -0.1) is 0 Å². The van der Waals surface area contributed by atoms with E-state index in [-0.39, 0.29) is 6.61 Å². The van der Waals surface area contributed by atoms with Crippen LogP contribution in [0.25, 0.3) is 6.08 Å². The Labute approximate surface area is 108 Å². The highest BCUT2D eigenvalue weighted by molar-refractivity contribution is 5.48. The zero-order valence-corrected chi connectivity index (χ0v) is 10.4. The quantitative estimate of drug-likeness (QED) is 0.796. The number of benzene rings is 1. The van der Waals surface area contributed by atoms with E-state index in [1.54, 1.807) is 0 Å². The summed E-state index contributed by atoms with van der Waals surface area (Å²) in [6.45, 7) is 1.01. The van der Waals surface area contributed by atoms with Crippen LogP contribution in [-0.4, -0.2) is 11.7 Å². The van der Waals surface area contributed by atoms with E-state index in [2.05, 4.69) is 28.9 Å². The number of hydrogen-bond acceptors (Lipinski definition) is 1. The second-order valence-electron chi connectivity index (χ2n) is 4.13. The van der Waals surface area contributed by atoms with Crippen LogP contribution in [0.3, 0.4) is 0 Å². The number of rotatable bonds is 5. The predicted octanol–water partition coefficient (Wildman–Crippen LogP) is 2.22. The molecule has 1 N–H and O–H groups in total. The summed E-state index contributed by atoms with van der Waals surface area (Å²) >= 11 is 0. The molecule has 1 aromatic carbocycles. The van der Waals surface area contributed by atoms with Gasteiger partial charge in [0.15, 0.2) is 18.4 Å². The molecular formula is C16H18NO+. The molecule has 0 aliphatic heterocycles. The van der Waals surface area contributed by atoms with Crippen molar-refractivity contribution < 1.29 is 9.67 Å². The average molecular weight is 240 g/mol. The Balaban J connectivity index is 2.04. The molecule has 0 saturated heterocycles. The Bertz CT molecular complexity index is 506. The Morgan fingerprint density at radius 3 is 2.56 bits per heavy atom. The molecule has 0 fully saturated rings. The zero-order valence-electron chi connectivity index (χ0n) is 10.4. The highest BCUT2D eigenvalue weighted by Crippen LogP contribution is 2.00. The first kappa shape index (κ1) is 12.5. The van der Waals surface area contributed by atoms with Gasteiger partial charge < -0.3 is 5.11 Å². The van der Waals surface area contributed by atoms with Crippen molar-refractivity contribution in [1.29, 1.82) is 0 Å². The Morgan fingerprint density at radius 2 is 1.78 bits per heavy atom. The van der Waals surface area contributed by atoms with Gasteiger partial charge in [-0.2, -0.15) is 4.57 Å². The van der Waals surface area contributed by atoms with E-state index in [4.69, 9.17) is 5.11 Å². The van der Waals surface area contributed by atoms with E-state index in [0.29, 0.717) is 6.42 Å². The van der Waals surface area contributed by atoms with Gasteiger partial charge in [-0.25, -0.2) is 0 Å². The molecule has 0 aliphatic rings. The summed E-state index contributed by atoms with van der Waals surface area (Å²) in [5.74, 6) is 0. The Hall–Kier alpha value is -1.93. The van der Waals surface area contributed by atoms with Crippen LogP contribution >= 0.6 is 0 Å². The molecule has 0 amide bonds. The van der Waals surface area contributed by atoms with Crippen LogP contribution in [0.4, 0.5) is 0 Å². The summed E-state index contributed by atoms with van der Waals surface area (Å²) in [6, 6.07) is 16.3. The monoisotopic (exact) mass is 240 g/mol. The van der Waals surface area contributed by atoms with Gasteiger partial charge in [-0.05, 0) is 11.6 Å². The van der Waals surface area contributed by atoms with Crippen LogP contribution in [0, 0.1) is 0 Å². The van der Waals surface area contributed by atoms with Gasteiger partial charge in [-0.3, -0.25) is 0 Å². The van der Waals surface area contributed by atoms with Crippen LogP contribution in [-0.2, 0) is 13.0 Å². The Morgan fingerprint density at radius 1 is 1.00 bits per heavy atom. The van der Waals surface area contributed by atoms with E-state index < -0.39 is 0 Å². The molecule has 0 unspecified atom stereocenters. The summed E-state index contributed by atoms with van der Waals surface area (Å²) in [5.41, 5.74) is 2.36. The number of aliphatic hydroxyl groups excluding tert-OH is 1. The average Bonchev–Trinajstić information content (AvgIpc) is 2.42. The molecule has 1 aromatic heterocycles. The molecule has 0 radical (unpaired) electrons. The van der Waals surface area contributed by atoms with Gasteiger partial charge >= 0.3 is 0 Å². The van der Waals surface area contributed by atoms with E-state index >= 15 is 0 Å². The highest BCUT2D eigenvalue weighted by atomic mass is 16.3. The summed E-state index contributed by atoms with van der Waals surface area (Å²) in [6.07, 6.45) is 6.99. The van der Waals surface area contributed by atoms with E-state index in [0.717, 1.165) is 12.2 Å². The number of hydrogen-bond donors (Lipinski definition) is 1. The number of nitrogens with zero attached hydrogens (tertiary/aromatic N) is 1. The topological polar surface area (TPSA) is 24.1 Å². The van der Waals surface area contributed by atoms with E-state index in [1.165, 1.54) is 5.56 Å². The van der Waals surface area contributed by atoms with Crippen molar-refractivity contribution in [2.45, 2.75) is 13.0 Å². The molecule has 0 saturated carbocycles. The molecule has 0 bridgehead atoms. The molecule has 1 heterocycles. The van der Waals surface area contributed by atoms with Gasteiger partial charge in [0.25, 0.3) is 0 Å². The Kier molecular flexibility index (Phi) is 4.68. The van der Waals surface area contributed by atoms with Crippen LogP contribution in [0.1, 0.15) is 11.3 Å². The molecule has 0 aliphatic carbocycles. The van der Waals surface area contributed by atoms with Crippen molar-refractivity contribution in [3.8, 4) is 0 Å². The molecular weight excluding hydrogens is 222 g/mol. The minimum atomic E-state index is 0.187. The fourth-order valence-corrected chi connectivity index (χ4v) is 1.90. The second kappa shape index (κ2) is 6.72. The van der Waals surface area contributed by atoms with Crippen LogP contribution in [0.2, 0.25) is 0 Å². The van der Waals surface area contributed by atoms with Crippen LogP contribution in [0.5, 0.6) is 0 Å². The second-order valence-corrected chi connectivity index (χ2v) is 4.13. The first-order valence-electron chi connectivity index (χ1n) is 6.20. The summed E-state index contributed by atoms with van der Waals surface area (Å²) in [5, 5.41) is 9.02. The predicted molar refractivity (Wildman–Crippen MR) is 72.9 cm³/mol. The smallest absolute Gasteiger partial charge is 0.183 e. The van der Waals surface area contributed by atoms with Gasteiger partial charge in [0, 0.05) is 12.1 Å². The maximum Gasteiger partial charge on any atom is 0.183 e. The standard InChI is InChI=1S/C16H18NO/c18-14-11-16-10-4-5-12-17(16)13-6-9-15-7-2-1-3-8-15/h1-10,12,18H,11,13-14H2/q+1/b9-6+. The molecule has 18 heavy (non-hydrogen) atoms. The largest absolute Gasteiger partial charge is 0.396 e. The fourth-order valence-electron chi connectivity index (χ4n) is 1.90. The number of aromatic nitrogens is 1. The molecule has 0 spiro atoms. The molecule has 2 aromatic rings. The maximum absolute atomic E-state index is 9.02. The normalized spacial score (nSPS) is 10.9.